The van der Waals surface area contributed by atoms with Gasteiger partial charge in [-0.05, 0) is 38.5 Å². The van der Waals surface area contributed by atoms with Crippen molar-refractivity contribution in [3.8, 4) is 23.7 Å². The first-order chi connectivity index (χ1) is 8.22. The van der Waals surface area contributed by atoms with E-state index in [2.05, 4.69) is 30.6 Å². The largest absolute Gasteiger partial charge is 0.462 e. The Morgan fingerprint density at radius 3 is 2.47 bits per heavy atom. The monoisotopic (exact) mass is 232 g/mol. The predicted molar refractivity (Wildman–Crippen MR) is 70.1 cm³/mol. The van der Waals surface area contributed by atoms with E-state index in [0.29, 0.717) is 18.6 Å². The highest BCUT2D eigenvalue weighted by Gasteiger charge is 2.02. The van der Waals surface area contributed by atoms with Crippen LogP contribution in [0.4, 0.5) is 0 Å². The van der Waals surface area contributed by atoms with Crippen LogP contribution in [0.5, 0.6) is 0 Å². The Labute approximate surface area is 104 Å². The van der Waals surface area contributed by atoms with Gasteiger partial charge < -0.3 is 4.74 Å². The zero-order valence-corrected chi connectivity index (χ0v) is 10.9. The van der Waals surface area contributed by atoms with Gasteiger partial charge in [0.15, 0.2) is 0 Å². The molecule has 2 heteroatoms. The van der Waals surface area contributed by atoms with Crippen molar-refractivity contribution in [3.05, 3.63) is 11.6 Å². The Kier molecular flexibility index (Phi) is 9.77. The van der Waals surface area contributed by atoms with Crippen LogP contribution in [0.3, 0.4) is 0 Å². The molecule has 0 aromatic rings. The molecule has 0 saturated carbocycles. The summed E-state index contributed by atoms with van der Waals surface area (Å²) in [6.45, 7) is 6.06. The van der Waals surface area contributed by atoms with Crippen LogP contribution in [0, 0.1) is 23.7 Å². The molecule has 92 valence electrons. The molecule has 2 nitrogen and oxygen atoms in total. The van der Waals surface area contributed by atoms with Crippen molar-refractivity contribution in [2.24, 2.45) is 0 Å². The van der Waals surface area contributed by atoms with Crippen molar-refractivity contribution in [1.29, 1.82) is 0 Å². The molecular formula is C15H20O2. The van der Waals surface area contributed by atoms with Gasteiger partial charge in [-0.25, -0.2) is 4.79 Å². The molecule has 0 bridgehead atoms. The Morgan fingerprint density at radius 2 is 1.88 bits per heavy atom. The summed E-state index contributed by atoms with van der Waals surface area (Å²) in [5.74, 6) is 11.2. The van der Waals surface area contributed by atoms with Gasteiger partial charge in [-0.15, -0.1) is 0 Å². The van der Waals surface area contributed by atoms with Crippen molar-refractivity contribution in [2.75, 3.05) is 6.61 Å². The third-order valence-electron chi connectivity index (χ3n) is 2.05. The van der Waals surface area contributed by atoms with Crippen LogP contribution in [-0.4, -0.2) is 12.6 Å². The van der Waals surface area contributed by atoms with E-state index in [1.165, 1.54) is 0 Å². The molecule has 0 unspecified atom stereocenters. The molecule has 0 N–H and O–H groups in total. The van der Waals surface area contributed by atoms with Gasteiger partial charge in [0, 0.05) is 18.4 Å². The maximum absolute atomic E-state index is 11.2. The van der Waals surface area contributed by atoms with Gasteiger partial charge in [0.1, 0.15) is 0 Å². The van der Waals surface area contributed by atoms with Gasteiger partial charge >= 0.3 is 5.97 Å². The molecule has 0 heterocycles. The van der Waals surface area contributed by atoms with Crippen LogP contribution in [0.2, 0.25) is 0 Å². The molecule has 0 fully saturated rings. The number of unbranched alkanes of at least 4 members (excludes halogenated alkanes) is 2. The summed E-state index contributed by atoms with van der Waals surface area (Å²) in [5.41, 5.74) is 0.640. The van der Waals surface area contributed by atoms with Crippen molar-refractivity contribution < 1.29 is 9.53 Å². The predicted octanol–water partition coefficient (Wildman–Crippen LogP) is 3.08. The lowest BCUT2D eigenvalue weighted by Crippen LogP contribution is -2.06. The number of allylic oxidation sites excluding steroid dienone is 1. The topological polar surface area (TPSA) is 26.3 Å². The van der Waals surface area contributed by atoms with Crippen LogP contribution in [0.25, 0.3) is 0 Å². The molecule has 17 heavy (non-hydrogen) atoms. The lowest BCUT2D eigenvalue weighted by Gasteiger charge is -2.02. The maximum Gasteiger partial charge on any atom is 0.333 e. The van der Waals surface area contributed by atoms with Crippen molar-refractivity contribution in [1.82, 2.24) is 0 Å². The summed E-state index contributed by atoms with van der Waals surface area (Å²) >= 11 is 0. The molecular weight excluding hydrogens is 212 g/mol. The molecule has 0 atom stereocenters. The van der Waals surface area contributed by atoms with E-state index in [1.807, 2.05) is 6.92 Å². The average molecular weight is 232 g/mol. The van der Waals surface area contributed by atoms with Gasteiger partial charge in [-0.1, -0.05) is 24.8 Å². The smallest absolute Gasteiger partial charge is 0.333 e. The minimum absolute atomic E-state index is 0.247. The second-order valence-corrected chi connectivity index (χ2v) is 3.56. The molecule has 0 spiro atoms. The minimum atomic E-state index is -0.247. The summed E-state index contributed by atoms with van der Waals surface area (Å²) in [6.07, 6.45) is 5.17. The molecule has 0 rings (SSSR count). The highest BCUT2D eigenvalue weighted by molar-refractivity contribution is 5.87. The van der Waals surface area contributed by atoms with Gasteiger partial charge in [-0.3, -0.25) is 0 Å². The van der Waals surface area contributed by atoms with Crippen LogP contribution in [-0.2, 0) is 9.53 Å². The Hall–Kier alpha value is -1.67. The van der Waals surface area contributed by atoms with E-state index < -0.39 is 0 Å². The molecule has 0 aliphatic rings. The normalized spacial score (nSPS) is 9.71. The lowest BCUT2D eigenvalue weighted by molar-refractivity contribution is -0.139. The van der Waals surface area contributed by atoms with Gasteiger partial charge in [-0.2, -0.15) is 0 Å². The first kappa shape index (κ1) is 15.3. The molecule has 0 saturated heterocycles. The Bertz CT molecular complexity index is 369. The number of carbonyl (C=O) groups is 1. The fourth-order valence-corrected chi connectivity index (χ4v) is 0.895. The number of carbonyl (C=O) groups excluding carboxylic acids is 1. The number of hydrogen-bond donors (Lipinski definition) is 0. The summed E-state index contributed by atoms with van der Waals surface area (Å²) < 4.78 is 5.03. The number of esters is 1. The fourth-order valence-electron chi connectivity index (χ4n) is 0.895. The highest BCUT2D eigenvalue weighted by atomic mass is 16.5. The fraction of sp³-hybridized carbons (Fsp3) is 0.533. The SMILES string of the molecule is CC=C(C)C(=O)OCCCC#CC#CCCC. The molecule has 0 aromatic carbocycles. The Morgan fingerprint density at radius 1 is 1.24 bits per heavy atom. The quantitative estimate of drug-likeness (QED) is 0.315. The summed E-state index contributed by atoms with van der Waals surface area (Å²) in [7, 11) is 0. The second-order valence-electron chi connectivity index (χ2n) is 3.56. The zero-order valence-electron chi connectivity index (χ0n) is 10.9. The standard InChI is InChI=1S/C15H20O2/c1-4-6-7-8-9-10-11-12-13-17-15(16)14(3)5-2/h5H,4,6,11-13H2,1-3H3. The third kappa shape index (κ3) is 9.27. The number of rotatable bonds is 5. The zero-order chi connectivity index (χ0) is 12.9. The highest BCUT2D eigenvalue weighted by Crippen LogP contribution is 1.97. The van der Waals surface area contributed by atoms with E-state index >= 15 is 0 Å². The van der Waals surface area contributed by atoms with Gasteiger partial charge in [0.2, 0.25) is 0 Å². The van der Waals surface area contributed by atoms with E-state index in [0.717, 1.165) is 19.3 Å². The molecule has 0 aliphatic heterocycles. The van der Waals surface area contributed by atoms with Crippen molar-refractivity contribution >= 4 is 5.97 Å². The molecule has 0 aliphatic carbocycles. The van der Waals surface area contributed by atoms with Gasteiger partial charge in [0.05, 0.1) is 6.61 Å². The van der Waals surface area contributed by atoms with Crippen molar-refractivity contribution in [3.63, 3.8) is 0 Å². The van der Waals surface area contributed by atoms with Crippen LogP contribution >= 0.6 is 0 Å². The molecule has 0 amide bonds. The first-order valence-electron chi connectivity index (χ1n) is 5.98. The summed E-state index contributed by atoms with van der Waals surface area (Å²) in [6, 6.07) is 0. The van der Waals surface area contributed by atoms with Gasteiger partial charge in [0.25, 0.3) is 0 Å². The van der Waals surface area contributed by atoms with Crippen molar-refractivity contribution in [2.45, 2.75) is 46.5 Å². The second kappa shape index (κ2) is 10.8. The van der Waals surface area contributed by atoms with E-state index in [9.17, 15) is 4.79 Å². The van der Waals surface area contributed by atoms with Crippen LogP contribution in [0.1, 0.15) is 46.5 Å². The Balaban J connectivity index is 3.60. The van der Waals surface area contributed by atoms with E-state index in [1.54, 1.807) is 13.0 Å². The average Bonchev–Trinajstić information content (AvgIpc) is 2.35. The number of ether oxygens (including phenoxy) is 1. The minimum Gasteiger partial charge on any atom is -0.462 e. The summed E-state index contributed by atoms with van der Waals surface area (Å²) in [4.78, 5) is 11.2. The lowest BCUT2D eigenvalue weighted by atomic mass is 10.3. The van der Waals surface area contributed by atoms with Crippen LogP contribution < -0.4 is 0 Å². The third-order valence-corrected chi connectivity index (χ3v) is 2.05. The van der Waals surface area contributed by atoms with Crippen LogP contribution in [0.15, 0.2) is 11.6 Å². The summed E-state index contributed by atoms with van der Waals surface area (Å²) in [5, 5.41) is 0. The molecule has 0 radical (unpaired) electrons. The number of hydrogen-bond acceptors (Lipinski definition) is 2. The maximum atomic E-state index is 11.2. The first-order valence-corrected chi connectivity index (χ1v) is 5.98. The van der Waals surface area contributed by atoms with E-state index in [4.69, 9.17) is 4.74 Å². The molecule has 0 aromatic heterocycles. The van der Waals surface area contributed by atoms with E-state index in [-0.39, 0.29) is 5.97 Å².